The minimum atomic E-state index is -0.156. The summed E-state index contributed by atoms with van der Waals surface area (Å²) in [5.41, 5.74) is 2.15. The summed E-state index contributed by atoms with van der Waals surface area (Å²) < 4.78 is 1.70. The molecule has 0 unspecified atom stereocenters. The monoisotopic (exact) mass is 244 g/mol. The predicted molar refractivity (Wildman–Crippen MR) is 68.2 cm³/mol. The van der Waals surface area contributed by atoms with Gasteiger partial charge in [0.1, 0.15) is 0 Å². The molecule has 2 heterocycles. The molecule has 0 radical (unpaired) electrons. The van der Waals surface area contributed by atoms with Crippen LogP contribution in [0.5, 0.6) is 0 Å². The molecule has 0 aliphatic carbocycles. The average Bonchev–Trinajstić information content (AvgIpc) is 2.78. The van der Waals surface area contributed by atoms with E-state index in [2.05, 4.69) is 15.3 Å². The zero-order valence-electron chi connectivity index (χ0n) is 10.6. The fraction of sp³-hybridized carbons (Fsp3) is 0.308. The standard InChI is InChI=1S/C13H16N4O/c1-10-4-3-6-14-11(10)5-7-16-13(18)12-15-8-9-17(12)2/h3-4,6,8-9H,5,7H2,1-2H3,(H,16,18). The van der Waals surface area contributed by atoms with Crippen molar-refractivity contribution in [3.63, 3.8) is 0 Å². The van der Waals surface area contributed by atoms with E-state index in [1.807, 2.05) is 19.1 Å². The van der Waals surface area contributed by atoms with Crippen molar-refractivity contribution < 1.29 is 4.79 Å². The topological polar surface area (TPSA) is 59.8 Å². The molecule has 18 heavy (non-hydrogen) atoms. The molecular weight excluding hydrogens is 228 g/mol. The fourth-order valence-electron chi connectivity index (χ4n) is 1.74. The molecule has 0 saturated heterocycles. The van der Waals surface area contributed by atoms with E-state index in [4.69, 9.17) is 0 Å². The second kappa shape index (κ2) is 5.44. The Kier molecular flexibility index (Phi) is 3.72. The Morgan fingerprint density at radius 2 is 2.22 bits per heavy atom. The highest BCUT2D eigenvalue weighted by molar-refractivity contribution is 5.90. The van der Waals surface area contributed by atoms with Gasteiger partial charge >= 0.3 is 0 Å². The van der Waals surface area contributed by atoms with Crippen molar-refractivity contribution in [3.8, 4) is 0 Å². The summed E-state index contributed by atoms with van der Waals surface area (Å²) in [5, 5.41) is 2.84. The minimum Gasteiger partial charge on any atom is -0.349 e. The lowest BCUT2D eigenvalue weighted by Gasteiger charge is -2.06. The van der Waals surface area contributed by atoms with E-state index < -0.39 is 0 Å². The number of nitrogens with zero attached hydrogens (tertiary/aromatic N) is 3. The summed E-state index contributed by atoms with van der Waals surface area (Å²) in [6.07, 6.45) is 5.85. The third kappa shape index (κ3) is 2.74. The molecule has 2 rings (SSSR count). The highest BCUT2D eigenvalue weighted by Crippen LogP contribution is 2.03. The van der Waals surface area contributed by atoms with Gasteiger partial charge in [-0.15, -0.1) is 0 Å². The van der Waals surface area contributed by atoms with Gasteiger partial charge < -0.3 is 9.88 Å². The van der Waals surface area contributed by atoms with Crippen LogP contribution in [0.2, 0.25) is 0 Å². The van der Waals surface area contributed by atoms with Crippen LogP contribution >= 0.6 is 0 Å². The third-order valence-corrected chi connectivity index (χ3v) is 2.79. The summed E-state index contributed by atoms with van der Waals surface area (Å²) >= 11 is 0. The summed E-state index contributed by atoms with van der Waals surface area (Å²) in [4.78, 5) is 20.1. The molecule has 0 aliphatic rings. The molecule has 2 aromatic heterocycles. The first-order valence-corrected chi connectivity index (χ1v) is 5.84. The van der Waals surface area contributed by atoms with Crippen molar-refractivity contribution in [2.75, 3.05) is 6.54 Å². The lowest BCUT2D eigenvalue weighted by molar-refractivity contribution is 0.0940. The molecule has 2 aromatic rings. The number of pyridine rings is 1. The molecule has 0 aromatic carbocycles. The first-order chi connectivity index (χ1) is 8.68. The van der Waals surface area contributed by atoms with Gasteiger partial charge in [0.25, 0.3) is 5.91 Å². The molecule has 0 saturated carbocycles. The van der Waals surface area contributed by atoms with Gasteiger partial charge in [-0.2, -0.15) is 0 Å². The van der Waals surface area contributed by atoms with Gasteiger partial charge in [-0.25, -0.2) is 4.98 Å². The van der Waals surface area contributed by atoms with Gasteiger partial charge in [-0.1, -0.05) is 6.07 Å². The lowest BCUT2D eigenvalue weighted by Crippen LogP contribution is -2.28. The van der Waals surface area contributed by atoms with Crippen LogP contribution in [0.25, 0.3) is 0 Å². The number of carbonyl (C=O) groups is 1. The van der Waals surface area contributed by atoms with E-state index in [0.29, 0.717) is 12.4 Å². The minimum absolute atomic E-state index is 0.156. The highest BCUT2D eigenvalue weighted by Gasteiger charge is 2.09. The number of aromatic nitrogens is 3. The Morgan fingerprint density at radius 1 is 1.39 bits per heavy atom. The van der Waals surface area contributed by atoms with Crippen molar-refractivity contribution in [1.29, 1.82) is 0 Å². The number of aryl methyl sites for hydroxylation is 2. The van der Waals surface area contributed by atoms with Gasteiger partial charge in [0.15, 0.2) is 5.82 Å². The Labute approximate surface area is 106 Å². The number of carbonyl (C=O) groups excluding carboxylic acids is 1. The molecule has 5 nitrogen and oxygen atoms in total. The Morgan fingerprint density at radius 3 is 2.89 bits per heavy atom. The van der Waals surface area contributed by atoms with E-state index in [9.17, 15) is 4.79 Å². The molecule has 0 aliphatic heterocycles. The number of rotatable bonds is 4. The molecule has 1 amide bonds. The van der Waals surface area contributed by atoms with Crippen LogP contribution < -0.4 is 5.32 Å². The van der Waals surface area contributed by atoms with E-state index in [1.165, 1.54) is 0 Å². The number of imidazole rings is 1. The molecule has 94 valence electrons. The highest BCUT2D eigenvalue weighted by atomic mass is 16.2. The van der Waals surface area contributed by atoms with Crippen LogP contribution in [0.1, 0.15) is 21.9 Å². The van der Waals surface area contributed by atoms with Crippen LogP contribution in [0.4, 0.5) is 0 Å². The van der Waals surface area contributed by atoms with Gasteiger partial charge in [0.05, 0.1) is 0 Å². The number of amides is 1. The second-order valence-corrected chi connectivity index (χ2v) is 4.13. The van der Waals surface area contributed by atoms with Gasteiger partial charge in [0.2, 0.25) is 0 Å². The van der Waals surface area contributed by atoms with Gasteiger partial charge in [-0.05, 0) is 18.6 Å². The molecule has 0 fully saturated rings. The first kappa shape index (κ1) is 12.3. The Hall–Kier alpha value is -2.17. The lowest BCUT2D eigenvalue weighted by atomic mass is 10.2. The molecule has 0 atom stereocenters. The quantitative estimate of drug-likeness (QED) is 0.876. The molecular formula is C13H16N4O. The van der Waals surface area contributed by atoms with Crippen molar-refractivity contribution in [1.82, 2.24) is 19.9 Å². The largest absolute Gasteiger partial charge is 0.349 e. The van der Waals surface area contributed by atoms with Crippen molar-refractivity contribution in [3.05, 3.63) is 47.8 Å². The van der Waals surface area contributed by atoms with E-state index in [1.54, 1.807) is 30.2 Å². The SMILES string of the molecule is Cc1cccnc1CCNC(=O)c1nccn1C. The molecule has 5 heteroatoms. The average molecular weight is 244 g/mol. The van der Waals surface area contributed by atoms with Crippen molar-refractivity contribution >= 4 is 5.91 Å². The number of nitrogens with one attached hydrogen (secondary N) is 1. The Bertz CT molecular complexity index is 547. The Balaban J connectivity index is 1.88. The molecule has 1 N–H and O–H groups in total. The number of hydrogen-bond acceptors (Lipinski definition) is 3. The van der Waals surface area contributed by atoms with Crippen LogP contribution in [-0.4, -0.2) is 27.0 Å². The molecule has 0 bridgehead atoms. The first-order valence-electron chi connectivity index (χ1n) is 5.84. The second-order valence-electron chi connectivity index (χ2n) is 4.13. The van der Waals surface area contributed by atoms with Crippen LogP contribution in [0.15, 0.2) is 30.7 Å². The van der Waals surface area contributed by atoms with Crippen molar-refractivity contribution in [2.24, 2.45) is 7.05 Å². The predicted octanol–water partition coefficient (Wildman–Crippen LogP) is 1.10. The maximum absolute atomic E-state index is 11.8. The van der Waals surface area contributed by atoms with Gasteiger partial charge in [0, 0.05) is 44.3 Å². The smallest absolute Gasteiger partial charge is 0.287 e. The summed E-state index contributed by atoms with van der Waals surface area (Å²) in [5.74, 6) is 0.267. The normalized spacial score (nSPS) is 10.3. The van der Waals surface area contributed by atoms with Gasteiger partial charge in [-0.3, -0.25) is 9.78 Å². The fourth-order valence-corrected chi connectivity index (χ4v) is 1.74. The molecule has 0 spiro atoms. The van der Waals surface area contributed by atoms with Crippen LogP contribution in [0, 0.1) is 6.92 Å². The summed E-state index contributed by atoms with van der Waals surface area (Å²) in [6.45, 7) is 2.58. The van der Waals surface area contributed by atoms with Crippen LogP contribution in [0.3, 0.4) is 0 Å². The number of hydrogen-bond donors (Lipinski definition) is 1. The van der Waals surface area contributed by atoms with Crippen molar-refractivity contribution in [2.45, 2.75) is 13.3 Å². The van der Waals surface area contributed by atoms with E-state index in [-0.39, 0.29) is 5.91 Å². The van der Waals surface area contributed by atoms with Crippen LogP contribution in [-0.2, 0) is 13.5 Å². The maximum Gasteiger partial charge on any atom is 0.287 e. The zero-order chi connectivity index (χ0) is 13.0. The summed E-state index contributed by atoms with van der Waals surface area (Å²) in [6, 6.07) is 3.92. The zero-order valence-corrected chi connectivity index (χ0v) is 10.6. The van der Waals surface area contributed by atoms with E-state index >= 15 is 0 Å². The maximum atomic E-state index is 11.8. The summed E-state index contributed by atoms with van der Waals surface area (Å²) in [7, 11) is 1.80. The third-order valence-electron chi connectivity index (χ3n) is 2.79. The van der Waals surface area contributed by atoms with E-state index in [0.717, 1.165) is 17.7 Å².